The molecule has 1 aromatic carbocycles. The van der Waals surface area contributed by atoms with Crippen molar-refractivity contribution >= 4 is 11.8 Å². The van der Waals surface area contributed by atoms with Crippen LogP contribution >= 0.6 is 0 Å². The van der Waals surface area contributed by atoms with Gasteiger partial charge in [0.05, 0.1) is 19.3 Å². The lowest BCUT2D eigenvalue weighted by Gasteiger charge is -2.36. The molecule has 0 radical (unpaired) electrons. The van der Waals surface area contributed by atoms with Gasteiger partial charge in [-0.15, -0.1) is 0 Å². The quantitative estimate of drug-likeness (QED) is 0.830. The summed E-state index contributed by atoms with van der Waals surface area (Å²) in [6.07, 6.45) is -0.278. The van der Waals surface area contributed by atoms with Gasteiger partial charge < -0.3 is 20.5 Å². The average Bonchev–Trinajstić information content (AvgIpc) is 2.48. The van der Waals surface area contributed by atoms with E-state index in [9.17, 15) is 4.79 Å². The Labute approximate surface area is 137 Å². The molecular formula is C17H27N3O3. The number of nitrogens with zero attached hydrogens (tertiary/aromatic N) is 1. The highest BCUT2D eigenvalue weighted by Gasteiger charge is 2.30. The Morgan fingerprint density at radius 3 is 2.74 bits per heavy atom. The van der Waals surface area contributed by atoms with Crippen molar-refractivity contribution in [1.82, 2.24) is 10.2 Å². The number of rotatable bonds is 4. The molecule has 1 aliphatic rings. The number of nitrogens with one attached hydrogen (secondary N) is 1. The Morgan fingerprint density at radius 2 is 2.09 bits per heavy atom. The van der Waals surface area contributed by atoms with Crippen LogP contribution in [0.4, 0.5) is 10.5 Å². The molecule has 6 heteroatoms. The summed E-state index contributed by atoms with van der Waals surface area (Å²) >= 11 is 0. The fraction of sp³-hybridized carbons (Fsp3) is 0.588. The molecule has 1 atom stereocenters. The molecule has 0 aliphatic carbocycles. The van der Waals surface area contributed by atoms with E-state index in [1.807, 2.05) is 45.0 Å². The van der Waals surface area contributed by atoms with Gasteiger partial charge in [0.2, 0.25) is 0 Å². The molecule has 0 aromatic heterocycles. The van der Waals surface area contributed by atoms with Crippen molar-refractivity contribution in [2.45, 2.75) is 39.0 Å². The number of hydrogen-bond acceptors (Lipinski definition) is 5. The van der Waals surface area contributed by atoms with E-state index in [1.165, 1.54) is 0 Å². The van der Waals surface area contributed by atoms with Crippen molar-refractivity contribution in [2.75, 3.05) is 32.0 Å². The van der Waals surface area contributed by atoms with Crippen molar-refractivity contribution in [3.8, 4) is 0 Å². The Morgan fingerprint density at radius 1 is 1.39 bits per heavy atom. The van der Waals surface area contributed by atoms with Crippen LogP contribution in [0.2, 0.25) is 0 Å². The van der Waals surface area contributed by atoms with Gasteiger partial charge in [0, 0.05) is 25.3 Å². The zero-order valence-electron chi connectivity index (χ0n) is 14.2. The summed E-state index contributed by atoms with van der Waals surface area (Å²) in [7, 11) is 0. The summed E-state index contributed by atoms with van der Waals surface area (Å²) in [5.41, 5.74) is 7.10. The summed E-state index contributed by atoms with van der Waals surface area (Å²) in [4.78, 5) is 14.1. The molecule has 6 nitrogen and oxygen atoms in total. The first-order valence-corrected chi connectivity index (χ1v) is 7.97. The first-order valence-electron chi connectivity index (χ1n) is 7.97. The Balaban J connectivity index is 1.86. The maximum absolute atomic E-state index is 12.3. The van der Waals surface area contributed by atoms with E-state index in [0.717, 1.165) is 17.8 Å². The molecule has 128 valence electrons. The number of anilines is 1. The second kappa shape index (κ2) is 7.66. The Bertz CT molecular complexity index is 511. The number of amides is 1. The van der Waals surface area contributed by atoms with Crippen LogP contribution in [0, 0.1) is 0 Å². The monoisotopic (exact) mass is 321 g/mol. The number of nitrogen functional groups attached to an aromatic ring is 1. The molecule has 0 saturated carbocycles. The normalized spacial score (nSPS) is 18.7. The number of carbonyl (C=O) groups excluding carboxylic acids is 1. The second-order valence-corrected chi connectivity index (χ2v) is 6.77. The fourth-order valence-electron chi connectivity index (χ4n) is 2.40. The van der Waals surface area contributed by atoms with E-state index < -0.39 is 5.60 Å². The predicted octanol–water partition coefficient (Wildman–Crippen LogP) is 1.99. The molecule has 1 aromatic rings. The van der Waals surface area contributed by atoms with E-state index in [0.29, 0.717) is 26.3 Å². The number of hydrogen-bond donors (Lipinski definition) is 2. The third kappa shape index (κ3) is 5.73. The Kier molecular flexibility index (Phi) is 5.85. The molecule has 1 aliphatic heterocycles. The zero-order chi connectivity index (χ0) is 16.9. The smallest absolute Gasteiger partial charge is 0.410 e. The van der Waals surface area contributed by atoms with Gasteiger partial charge >= 0.3 is 6.09 Å². The number of ether oxygens (including phenoxy) is 2. The van der Waals surface area contributed by atoms with Crippen LogP contribution in [0.1, 0.15) is 26.3 Å². The van der Waals surface area contributed by atoms with E-state index in [4.69, 9.17) is 15.2 Å². The molecule has 1 unspecified atom stereocenters. The lowest BCUT2D eigenvalue weighted by Crippen LogP contribution is -2.54. The third-order valence-electron chi connectivity index (χ3n) is 3.54. The summed E-state index contributed by atoms with van der Waals surface area (Å²) in [5.74, 6) is 0. The molecule has 23 heavy (non-hydrogen) atoms. The van der Waals surface area contributed by atoms with Gasteiger partial charge in [0.1, 0.15) is 5.60 Å². The number of morpholine rings is 1. The van der Waals surface area contributed by atoms with Crippen LogP contribution in [0.5, 0.6) is 0 Å². The summed E-state index contributed by atoms with van der Waals surface area (Å²) in [6, 6.07) is 7.73. The first-order chi connectivity index (χ1) is 10.8. The van der Waals surface area contributed by atoms with Crippen molar-refractivity contribution in [3.63, 3.8) is 0 Å². The van der Waals surface area contributed by atoms with Gasteiger partial charge in [0.15, 0.2) is 0 Å². The highest BCUT2D eigenvalue weighted by atomic mass is 16.6. The first kappa shape index (κ1) is 17.6. The average molecular weight is 321 g/mol. The SMILES string of the molecule is CC(C)(C)OC(=O)N1CCOCC1CNCc1ccc(N)cc1. The van der Waals surface area contributed by atoms with Crippen LogP contribution in [0.15, 0.2) is 24.3 Å². The lowest BCUT2D eigenvalue weighted by molar-refractivity contribution is -0.0317. The van der Waals surface area contributed by atoms with E-state index in [1.54, 1.807) is 4.90 Å². The fourth-order valence-corrected chi connectivity index (χ4v) is 2.40. The summed E-state index contributed by atoms with van der Waals surface area (Å²) in [6.45, 7) is 8.63. The second-order valence-electron chi connectivity index (χ2n) is 6.77. The Hall–Kier alpha value is -1.79. The predicted molar refractivity (Wildman–Crippen MR) is 90.1 cm³/mol. The van der Waals surface area contributed by atoms with Gasteiger partial charge in [0.25, 0.3) is 0 Å². The summed E-state index contributed by atoms with van der Waals surface area (Å²) in [5, 5.41) is 3.37. The molecule has 3 N–H and O–H groups in total. The zero-order valence-corrected chi connectivity index (χ0v) is 14.2. The van der Waals surface area contributed by atoms with Crippen molar-refractivity contribution < 1.29 is 14.3 Å². The molecule has 1 saturated heterocycles. The number of carbonyl (C=O) groups is 1. The van der Waals surface area contributed by atoms with E-state index in [2.05, 4.69) is 5.32 Å². The minimum atomic E-state index is -0.489. The largest absolute Gasteiger partial charge is 0.444 e. The summed E-state index contributed by atoms with van der Waals surface area (Å²) < 4.78 is 11.0. The molecule has 0 bridgehead atoms. The maximum atomic E-state index is 12.3. The highest BCUT2D eigenvalue weighted by Crippen LogP contribution is 2.14. The van der Waals surface area contributed by atoms with Crippen LogP contribution < -0.4 is 11.1 Å². The van der Waals surface area contributed by atoms with Gasteiger partial charge in [-0.2, -0.15) is 0 Å². The van der Waals surface area contributed by atoms with Crippen molar-refractivity contribution in [1.29, 1.82) is 0 Å². The lowest BCUT2D eigenvalue weighted by atomic mass is 10.2. The maximum Gasteiger partial charge on any atom is 0.410 e. The third-order valence-corrected chi connectivity index (χ3v) is 3.54. The van der Waals surface area contributed by atoms with Crippen LogP contribution in [0.25, 0.3) is 0 Å². The topological polar surface area (TPSA) is 76.8 Å². The standard InChI is InChI=1S/C17H27N3O3/c1-17(2,3)23-16(21)20-8-9-22-12-15(20)11-19-10-13-4-6-14(18)7-5-13/h4-7,15,19H,8-12,18H2,1-3H3. The molecule has 1 fully saturated rings. The van der Waals surface area contributed by atoms with Crippen LogP contribution in [0.3, 0.4) is 0 Å². The molecule has 2 rings (SSSR count). The van der Waals surface area contributed by atoms with Crippen LogP contribution in [-0.2, 0) is 16.0 Å². The van der Waals surface area contributed by atoms with Gasteiger partial charge in [-0.05, 0) is 38.5 Å². The van der Waals surface area contributed by atoms with E-state index >= 15 is 0 Å². The minimum Gasteiger partial charge on any atom is -0.444 e. The van der Waals surface area contributed by atoms with Gasteiger partial charge in [-0.1, -0.05) is 12.1 Å². The number of nitrogens with two attached hydrogens (primary N) is 1. The van der Waals surface area contributed by atoms with E-state index in [-0.39, 0.29) is 12.1 Å². The molecule has 0 spiro atoms. The molecule has 1 amide bonds. The molecular weight excluding hydrogens is 294 g/mol. The van der Waals surface area contributed by atoms with Gasteiger partial charge in [-0.3, -0.25) is 4.90 Å². The van der Waals surface area contributed by atoms with Crippen molar-refractivity contribution in [2.24, 2.45) is 0 Å². The van der Waals surface area contributed by atoms with Crippen LogP contribution in [-0.4, -0.2) is 48.9 Å². The van der Waals surface area contributed by atoms with Gasteiger partial charge in [-0.25, -0.2) is 4.79 Å². The number of benzene rings is 1. The minimum absolute atomic E-state index is 0.0209. The highest BCUT2D eigenvalue weighted by molar-refractivity contribution is 5.68. The van der Waals surface area contributed by atoms with Crippen molar-refractivity contribution in [3.05, 3.63) is 29.8 Å². The molecule has 1 heterocycles.